The van der Waals surface area contributed by atoms with Gasteiger partial charge in [-0.1, -0.05) is 0 Å². The number of nitrogens with one attached hydrogen (secondary N) is 2. The van der Waals surface area contributed by atoms with E-state index in [4.69, 9.17) is 4.74 Å². The minimum absolute atomic E-state index is 0.147. The topological polar surface area (TPSA) is 58.0 Å². The number of rotatable bonds is 3. The summed E-state index contributed by atoms with van der Waals surface area (Å²) in [4.78, 5) is 8.39. The van der Waals surface area contributed by atoms with E-state index in [9.17, 15) is 0 Å². The molecule has 84 valence electrons. The Labute approximate surface area is 90.0 Å². The molecular formula is C10H18N4O. The van der Waals surface area contributed by atoms with Crippen LogP contribution >= 0.6 is 0 Å². The lowest BCUT2D eigenvalue weighted by molar-refractivity contribution is 0.108. The molecular weight excluding hydrogens is 192 g/mol. The Kier molecular flexibility index (Phi) is 3.69. The maximum absolute atomic E-state index is 5.54. The molecule has 2 unspecified atom stereocenters. The lowest BCUT2D eigenvalue weighted by Crippen LogP contribution is -2.39. The lowest BCUT2D eigenvalue weighted by Gasteiger charge is -2.19. The first-order valence-electron chi connectivity index (χ1n) is 5.49. The normalized spacial score (nSPS) is 30.3. The zero-order valence-corrected chi connectivity index (χ0v) is 9.07. The van der Waals surface area contributed by atoms with E-state index in [-0.39, 0.29) is 6.17 Å². The van der Waals surface area contributed by atoms with Gasteiger partial charge in [-0.05, 0) is 12.8 Å². The second-order valence-corrected chi connectivity index (χ2v) is 3.85. The van der Waals surface area contributed by atoms with Crippen molar-refractivity contribution < 1.29 is 4.74 Å². The van der Waals surface area contributed by atoms with Crippen molar-refractivity contribution in [3.05, 3.63) is 0 Å². The SMILES string of the molecule is CNC1=NC=NC(NCC2CCCO2)C1. The number of ether oxygens (including phenoxy) is 1. The van der Waals surface area contributed by atoms with Gasteiger partial charge < -0.3 is 10.1 Å². The molecule has 0 aromatic heterocycles. The van der Waals surface area contributed by atoms with E-state index < -0.39 is 0 Å². The number of aliphatic imine (C=N–C) groups is 2. The van der Waals surface area contributed by atoms with Crippen molar-refractivity contribution in [2.45, 2.75) is 31.5 Å². The van der Waals surface area contributed by atoms with Gasteiger partial charge in [0, 0.05) is 26.6 Å². The minimum Gasteiger partial charge on any atom is -0.377 e. The minimum atomic E-state index is 0.147. The molecule has 5 nitrogen and oxygen atoms in total. The predicted octanol–water partition coefficient (Wildman–Crippen LogP) is 0.131. The Morgan fingerprint density at radius 1 is 1.60 bits per heavy atom. The third-order valence-electron chi connectivity index (χ3n) is 2.74. The number of hydrogen-bond donors (Lipinski definition) is 2. The molecule has 5 heteroatoms. The molecule has 1 fully saturated rings. The predicted molar refractivity (Wildman–Crippen MR) is 60.4 cm³/mol. The zero-order chi connectivity index (χ0) is 10.5. The van der Waals surface area contributed by atoms with Gasteiger partial charge in [-0.3, -0.25) is 10.3 Å². The molecule has 0 aromatic rings. The van der Waals surface area contributed by atoms with E-state index >= 15 is 0 Å². The van der Waals surface area contributed by atoms with Gasteiger partial charge in [-0.2, -0.15) is 0 Å². The lowest BCUT2D eigenvalue weighted by atomic mass is 10.2. The van der Waals surface area contributed by atoms with Crippen LogP contribution in [-0.2, 0) is 4.74 Å². The molecule has 0 bridgehead atoms. The first kappa shape index (κ1) is 10.6. The van der Waals surface area contributed by atoms with E-state index in [1.54, 1.807) is 6.34 Å². The fourth-order valence-electron chi connectivity index (χ4n) is 1.84. The van der Waals surface area contributed by atoms with Gasteiger partial charge in [0.25, 0.3) is 0 Å². The molecule has 0 aliphatic carbocycles. The van der Waals surface area contributed by atoms with Crippen LogP contribution in [0.3, 0.4) is 0 Å². The van der Waals surface area contributed by atoms with Crippen molar-refractivity contribution in [3.63, 3.8) is 0 Å². The van der Waals surface area contributed by atoms with Gasteiger partial charge in [0.2, 0.25) is 0 Å². The van der Waals surface area contributed by atoms with Crippen LogP contribution in [0.15, 0.2) is 9.98 Å². The maximum Gasteiger partial charge on any atom is 0.113 e. The molecule has 15 heavy (non-hydrogen) atoms. The summed E-state index contributed by atoms with van der Waals surface area (Å²) >= 11 is 0. The Morgan fingerprint density at radius 3 is 3.27 bits per heavy atom. The molecule has 2 heterocycles. The Balaban J connectivity index is 1.71. The van der Waals surface area contributed by atoms with E-state index in [0.717, 1.165) is 31.8 Å². The van der Waals surface area contributed by atoms with Crippen LogP contribution in [-0.4, -0.2) is 44.6 Å². The molecule has 0 saturated carbocycles. The van der Waals surface area contributed by atoms with Gasteiger partial charge in [0.1, 0.15) is 18.3 Å². The summed E-state index contributed by atoms with van der Waals surface area (Å²) in [6.45, 7) is 1.79. The summed E-state index contributed by atoms with van der Waals surface area (Å²) in [5.41, 5.74) is 0. The van der Waals surface area contributed by atoms with Gasteiger partial charge >= 0.3 is 0 Å². The standard InChI is InChI=1S/C10H18N4O/c1-11-9-5-10(14-7-13-9)12-6-8-3-2-4-15-8/h7-8,10,12H,2-6H2,1H3,(H,11,13,14). The summed E-state index contributed by atoms with van der Waals surface area (Å²) in [5, 5.41) is 6.43. The van der Waals surface area contributed by atoms with Crippen LogP contribution in [0.4, 0.5) is 0 Å². The van der Waals surface area contributed by atoms with Gasteiger partial charge in [-0.25, -0.2) is 4.99 Å². The maximum atomic E-state index is 5.54. The van der Waals surface area contributed by atoms with Crippen molar-refractivity contribution in [3.8, 4) is 0 Å². The third-order valence-corrected chi connectivity index (χ3v) is 2.74. The van der Waals surface area contributed by atoms with Crippen molar-refractivity contribution in [2.24, 2.45) is 9.98 Å². The average Bonchev–Trinajstić information content (AvgIpc) is 2.79. The number of hydrogen-bond acceptors (Lipinski definition) is 5. The van der Waals surface area contributed by atoms with E-state index in [2.05, 4.69) is 20.6 Å². The molecule has 1 saturated heterocycles. The van der Waals surface area contributed by atoms with E-state index in [0.29, 0.717) is 6.10 Å². The quantitative estimate of drug-likeness (QED) is 0.696. The fourth-order valence-corrected chi connectivity index (χ4v) is 1.84. The van der Waals surface area contributed by atoms with Gasteiger partial charge in [0.15, 0.2) is 0 Å². The first-order valence-corrected chi connectivity index (χ1v) is 5.49. The monoisotopic (exact) mass is 210 g/mol. The highest BCUT2D eigenvalue weighted by molar-refractivity contribution is 5.90. The summed E-state index contributed by atoms with van der Waals surface area (Å²) in [6, 6.07) is 0. The second kappa shape index (κ2) is 5.23. The van der Waals surface area contributed by atoms with Crippen LogP contribution in [0.1, 0.15) is 19.3 Å². The molecule has 2 N–H and O–H groups in total. The van der Waals surface area contributed by atoms with Crippen molar-refractivity contribution in [1.29, 1.82) is 0 Å². The van der Waals surface area contributed by atoms with Crippen LogP contribution < -0.4 is 10.6 Å². The summed E-state index contributed by atoms with van der Waals surface area (Å²) in [7, 11) is 1.88. The molecule has 2 aliphatic heterocycles. The molecule has 2 atom stereocenters. The Bertz CT molecular complexity index is 258. The molecule has 2 aliphatic rings. The number of nitrogens with zero attached hydrogens (tertiary/aromatic N) is 2. The highest BCUT2D eigenvalue weighted by Crippen LogP contribution is 2.11. The highest BCUT2D eigenvalue weighted by atomic mass is 16.5. The summed E-state index contributed by atoms with van der Waals surface area (Å²) < 4.78 is 5.54. The molecule has 0 amide bonds. The summed E-state index contributed by atoms with van der Waals surface area (Å²) in [5.74, 6) is 0.981. The second-order valence-electron chi connectivity index (χ2n) is 3.85. The highest BCUT2D eigenvalue weighted by Gasteiger charge is 2.18. The van der Waals surface area contributed by atoms with Crippen LogP contribution in [0.5, 0.6) is 0 Å². The van der Waals surface area contributed by atoms with Gasteiger partial charge in [0.05, 0.1) is 6.10 Å². The van der Waals surface area contributed by atoms with Crippen LogP contribution in [0.2, 0.25) is 0 Å². The first-order chi connectivity index (χ1) is 7.38. The van der Waals surface area contributed by atoms with E-state index in [1.807, 2.05) is 7.05 Å². The van der Waals surface area contributed by atoms with E-state index in [1.165, 1.54) is 6.42 Å². The molecule has 0 radical (unpaired) electrons. The van der Waals surface area contributed by atoms with Crippen molar-refractivity contribution >= 4 is 12.2 Å². The molecule has 0 spiro atoms. The zero-order valence-electron chi connectivity index (χ0n) is 9.07. The Morgan fingerprint density at radius 2 is 2.53 bits per heavy atom. The summed E-state index contributed by atoms with van der Waals surface area (Å²) in [6.07, 6.45) is 5.31. The molecule has 0 aromatic carbocycles. The number of amidine groups is 1. The molecule has 2 rings (SSSR count). The van der Waals surface area contributed by atoms with Crippen LogP contribution in [0.25, 0.3) is 0 Å². The third kappa shape index (κ3) is 3.00. The van der Waals surface area contributed by atoms with Crippen molar-refractivity contribution in [2.75, 3.05) is 20.2 Å². The largest absolute Gasteiger partial charge is 0.377 e. The fraction of sp³-hybridized carbons (Fsp3) is 0.800. The Hall–Kier alpha value is -0.940. The van der Waals surface area contributed by atoms with Gasteiger partial charge in [-0.15, -0.1) is 0 Å². The van der Waals surface area contributed by atoms with Crippen LogP contribution in [0, 0.1) is 0 Å². The average molecular weight is 210 g/mol. The van der Waals surface area contributed by atoms with Crippen molar-refractivity contribution in [1.82, 2.24) is 10.6 Å². The smallest absolute Gasteiger partial charge is 0.113 e.